The standard InChI is InChI=1S/C14H16Br2N2O/c15-7-5-10(16)13(11(17)6-7)18-14(19)12-8-3-1-2-4-9(8)12/h5-6,8-9,12H,1-4,17H2,(H,18,19). The van der Waals surface area contributed by atoms with Gasteiger partial charge < -0.3 is 11.1 Å². The fourth-order valence-corrected chi connectivity index (χ4v) is 4.67. The van der Waals surface area contributed by atoms with Gasteiger partial charge in [0.05, 0.1) is 11.4 Å². The lowest BCUT2D eigenvalue weighted by Gasteiger charge is -2.11. The number of nitrogens with two attached hydrogens (primary N) is 1. The molecule has 3 rings (SSSR count). The first-order chi connectivity index (χ1) is 9.08. The molecule has 0 aliphatic heterocycles. The Hall–Kier alpha value is -0.550. The Balaban J connectivity index is 1.74. The van der Waals surface area contributed by atoms with Crippen LogP contribution in [0, 0.1) is 17.8 Å². The number of rotatable bonds is 2. The fraction of sp³-hybridized carbons (Fsp3) is 0.500. The second kappa shape index (κ2) is 5.09. The number of hydrogen-bond donors (Lipinski definition) is 2. The average Bonchev–Trinajstić information content (AvgIpc) is 3.07. The van der Waals surface area contributed by atoms with Gasteiger partial charge in [0.25, 0.3) is 0 Å². The van der Waals surface area contributed by atoms with Crippen molar-refractivity contribution >= 4 is 49.1 Å². The summed E-state index contributed by atoms with van der Waals surface area (Å²) in [5.74, 6) is 1.57. The minimum absolute atomic E-state index is 0.131. The van der Waals surface area contributed by atoms with Crippen molar-refractivity contribution in [1.29, 1.82) is 0 Å². The van der Waals surface area contributed by atoms with Crippen molar-refractivity contribution in [1.82, 2.24) is 0 Å². The van der Waals surface area contributed by atoms with Gasteiger partial charge in [-0.15, -0.1) is 0 Å². The van der Waals surface area contributed by atoms with E-state index in [1.807, 2.05) is 6.07 Å². The first kappa shape index (κ1) is 13.4. The topological polar surface area (TPSA) is 55.1 Å². The highest BCUT2D eigenvalue weighted by molar-refractivity contribution is 9.11. The van der Waals surface area contributed by atoms with Gasteiger partial charge >= 0.3 is 0 Å². The molecule has 1 aromatic rings. The third kappa shape index (κ3) is 2.55. The molecule has 19 heavy (non-hydrogen) atoms. The molecular formula is C14H16Br2N2O. The molecule has 102 valence electrons. The van der Waals surface area contributed by atoms with Gasteiger partial charge in [0.1, 0.15) is 0 Å². The van der Waals surface area contributed by atoms with Gasteiger partial charge in [0.2, 0.25) is 5.91 Å². The third-order valence-corrected chi connectivity index (χ3v) is 5.38. The zero-order valence-corrected chi connectivity index (χ0v) is 13.6. The van der Waals surface area contributed by atoms with Crippen molar-refractivity contribution in [2.75, 3.05) is 11.1 Å². The number of nitrogens with one attached hydrogen (secondary N) is 1. The molecule has 0 heterocycles. The maximum absolute atomic E-state index is 12.3. The second-order valence-electron chi connectivity index (χ2n) is 5.48. The van der Waals surface area contributed by atoms with Crippen LogP contribution < -0.4 is 11.1 Å². The summed E-state index contributed by atoms with van der Waals surface area (Å²) in [7, 11) is 0. The monoisotopic (exact) mass is 386 g/mol. The predicted octanol–water partition coefficient (Wildman–Crippen LogP) is 4.17. The summed E-state index contributed by atoms with van der Waals surface area (Å²) in [5.41, 5.74) is 7.24. The van der Waals surface area contributed by atoms with E-state index in [4.69, 9.17) is 5.73 Å². The molecule has 1 amide bonds. The largest absolute Gasteiger partial charge is 0.397 e. The van der Waals surface area contributed by atoms with E-state index in [9.17, 15) is 4.79 Å². The molecule has 0 spiro atoms. The first-order valence-corrected chi connectivity index (χ1v) is 8.22. The molecule has 0 radical (unpaired) electrons. The molecule has 0 saturated heterocycles. The van der Waals surface area contributed by atoms with Crippen LogP contribution in [0.3, 0.4) is 0 Å². The smallest absolute Gasteiger partial charge is 0.228 e. The SMILES string of the molecule is Nc1cc(Br)cc(Br)c1NC(=O)C1C2CCCCC21. The third-order valence-electron chi connectivity index (χ3n) is 4.29. The van der Waals surface area contributed by atoms with Crippen molar-refractivity contribution in [2.45, 2.75) is 25.7 Å². The molecule has 2 saturated carbocycles. The molecule has 2 aliphatic carbocycles. The van der Waals surface area contributed by atoms with Crippen LogP contribution in [0.15, 0.2) is 21.1 Å². The number of nitrogen functional groups attached to an aromatic ring is 1. The van der Waals surface area contributed by atoms with E-state index >= 15 is 0 Å². The van der Waals surface area contributed by atoms with Crippen molar-refractivity contribution < 1.29 is 4.79 Å². The number of amides is 1. The van der Waals surface area contributed by atoms with Crippen LogP contribution in [-0.4, -0.2) is 5.91 Å². The van der Waals surface area contributed by atoms with Crippen LogP contribution in [0.4, 0.5) is 11.4 Å². The summed E-state index contributed by atoms with van der Waals surface area (Å²) in [6.45, 7) is 0. The van der Waals surface area contributed by atoms with Crippen molar-refractivity contribution in [3.63, 3.8) is 0 Å². The zero-order chi connectivity index (χ0) is 13.6. The number of anilines is 2. The molecule has 2 atom stereocenters. The van der Waals surface area contributed by atoms with Gasteiger partial charge in [-0.2, -0.15) is 0 Å². The Labute approximate surface area is 129 Å². The molecule has 2 aliphatic rings. The van der Waals surface area contributed by atoms with Crippen LogP contribution in [0.5, 0.6) is 0 Å². The first-order valence-electron chi connectivity index (χ1n) is 6.63. The van der Waals surface area contributed by atoms with E-state index in [1.165, 1.54) is 25.7 Å². The minimum atomic E-state index is 0.131. The zero-order valence-electron chi connectivity index (χ0n) is 10.5. The average molecular weight is 388 g/mol. The summed E-state index contributed by atoms with van der Waals surface area (Å²) in [5, 5.41) is 2.99. The molecule has 2 unspecified atom stereocenters. The van der Waals surface area contributed by atoms with Gasteiger partial charge in [-0.25, -0.2) is 0 Å². The Morgan fingerprint density at radius 3 is 2.42 bits per heavy atom. The highest BCUT2D eigenvalue weighted by atomic mass is 79.9. The van der Waals surface area contributed by atoms with Gasteiger partial charge in [0.15, 0.2) is 0 Å². The van der Waals surface area contributed by atoms with Crippen molar-refractivity contribution in [2.24, 2.45) is 17.8 Å². The van der Waals surface area contributed by atoms with Crippen molar-refractivity contribution in [3.05, 3.63) is 21.1 Å². The number of carbonyl (C=O) groups excluding carboxylic acids is 1. The highest BCUT2D eigenvalue weighted by Gasteiger charge is 2.54. The van der Waals surface area contributed by atoms with Crippen molar-refractivity contribution in [3.8, 4) is 0 Å². The van der Waals surface area contributed by atoms with E-state index in [2.05, 4.69) is 37.2 Å². The minimum Gasteiger partial charge on any atom is -0.397 e. The fourth-order valence-electron chi connectivity index (χ4n) is 3.31. The molecule has 0 bridgehead atoms. The summed E-state index contributed by atoms with van der Waals surface area (Å²) >= 11 is 6.83. The molecule has 2 fully saturated rings. The van der Waals surface area contributed by atoms with Crippen LogP contribution in [0.2, 0.25) is 0 Å². The second-order valence-corrected chi connectivity index (χ2v) is 7.25. The lowest BCUT2D eigenvalue weighted by Crippen LogP contribution is -2.17. The summed E-state index contributed by atoms with van der Waals surface area (Å²) < 4.78 is 1.71. The Morgan fingerprint density at radius 2 is 1.84 bits per heavy atom. The lowest BCUT2D eigenvalue weighted by atomic mass is 10.0. The molecule has 5 heteroatoms. The Bertz CT molecular complexity index is 497. The molecular weight excluding hydrogens is 372 g/mol. The highest BCUT2D eigenvalue weighted by Crippen LogP contribution is 2.55. The van der Waals surface area contributed by atoms with E-state index in [0.717, 1.165) is 8.95 Å². The molecule has 0 aromatic heterocycles. The summed E-state index contributed by atoms with van der Waals surface area (Å²) in [6.07, 6.45) is 4.96. The quantitative estimate of drug-likeness (QED) is 0.748. The Kier molecular flexibility index (Phi) is 3.60. The van der Waals surface area contributed by atoms with Crippen LogP contribution in [0.25, 0.3) is 0 Å². The number of halogens is 2. The van der Waals surface area contributed by atoms with Gasteiger partial charge in [-0.3, -0.25) is 4.79 Å². The van der Waals surface area contributed by atoms with E-state index < -0.39 is 0 Å². The van der Waals surface area contributed by atoms with Crippen LogP contribution >= 0.6 is 31.9 Å². The Morgan fingerprint density at radius 1 is 1.21 bits per heavy atom. The normalized spacial score (nSPS) is 28.6. The summed E-state index contributed by atoms with van der Waals surface area (Å²) in [4.78, 5) is 12.3. The maximum Gasteiger partial charge on any atom is 0.228 e. The van der Waals surface area contributed by atoms with Crippen LogP contribution in [0.1, 0.15) is 25.7 Å². The van der Waals surface area contributed by atoms with E-state index in [1.54, 1.807) is 6.07 Å². The van der Waals surface area contributed by atoms with Gasteiger partial charge in [-0.1, -0.05) is 28.8 Å². The van der Waals surface area contributed by atoms with Gasteiger partial charge in [-0.05, 0) is 52.7 Å². The molecule has 3 N–H and O–H groups in total. The lowest BCUT2D eigenvalue weighted by molar-refractivity contribution is -0.117. The van der Waals surface area contributed by atoms with Crippen LogP contribution in [-0.2, 0) is 4.79 Å². The summed E-state index contributed by atoms with van der Waals surface area (Å²) in [6, 6.07) is 3.70. The number of carbonyl (C=O) groups is 1. The van der Waals surface area contributed by atoms with Gasteiger partial charge in [0, 0.05) is 14.9 Å². The molecule has 1 aromatic carbocycles. The van der Waals surface area contributed by atoms with E-state index in [0.29, 0.717) is 23.2 Å². The predicted molar refractivity (Wildman–Crippen MR) is 83.8 cm³/mol. The number of fused-ring (bicyclic) bond motifs is 1. The number of benzene rings is 1. The molecule has 3 nitrogen and oxygen atoms in total. The van der Waals surface area contributed by atoms with E-state index in [-0.39, 0.29) is 11.8 Å². The number of hydrogen-bond acceptors (Lipinski definition) is 2. The maximum atomic E-state index is 12.3.